The number of nitrogens with zero attached hydrogens (tertiary/aromatic N) is 3. The Bertz CT molecular complexity index is 690. The maximum atomic E-state index is 13.9. The highest BCUT2D eigenvalue weighted by atomic mass is 35.5. The largest absolute Gasteiger partial charge is 0.354 e. The van der Waals surface area contributed by atoms with E-state index in [4.69, 9.17) is 11.6 Å². The highest BCUT2D eigenvalue weighted by Gasteiger charge is 2.23. The monoisotopic (exact) mass is 334 g/mol. The molecule has 120 valence electrons. The summed E-state index contributed by atoms with van der Waals surface area (Å²) in [5.41, 5.74) is 0.591. The number of nitrogens with one attached hydrogen (secondary N) is 1. The van der Waals surface area contributed by atoms with Gasteiger partial charge in [-0.05, 0) is 31.0 Å². The molecule has 23 heavy (non-hydrogen) atoms. The minimum absolute atomic E-state index is 0.0716. The highest BCUT2D eigenvalue weighted by Crippen LogP contribution is 2.23. The lowest BCUT2D eigenvalue weighted by Crippen LogP contribution is -2.45. The zero-order valence-corrected chi connectivity index (χ0v) is 13.1. The van der Waals surface area contributed by atoms with Crippen LogP contribution >= 0.6 is 11.6 Å². The quantitative estimate of drug-likeness (QED) is 0.937. The van der Waals surface area contributed by atoms with E-state index in [0.717, 1.165) is 12.8 Å². The smallest absolute Gasteiger partial charge is 0.251 e. The minimum atomic E-state index is -0.420. The van der Waals surface area contributed by atoms with Crippen LogP contribution in [0.15, 0.2) is 36.8 Å². The van der Waals surface area contributed by atoms with Gasteiger partial charge in [-0.2, -0.15) is 0 Å². The first-order chi connectivity index (χ1) is 11.1. The molecule has 7 heteroatoms. The molecule has 3 heterocycles. The summed E-state index contributed by atoms with van der Waals surface area (Å²) >= 11 is 5.72. The van der Waals surface area contributed by atoms with Gasteiger partial charge in [0, 0.05) is 43.3 Å². The molecule has 1 saturated heterocycles. The van der Waals surface area contributed by atoms with E-state index in [1.54, 1.807) is 24.5 Å². The van der Waals surface area contributed by atoms with Gasteiger partial charge in [-0.25, -0.2) is 9.37 Å². The number of carbonyl (C=O) groups is 1. The normalized spacial score (nSPS) is 15.5. The molecule has 0 bridgehead atoms. The number of halogens is 2. The van der Waals surface area contributed by atoms with Crippen LogP contribution in [0.2, 0.25) is 5.02 Å². The first-order valence-corrected chi connectivity index (χ1v) is 7.78. The molecule has 1 aliphatic heterocycles. The topological polar surface area (TPSA) is 58.1 Å². The third-order valence-electron chi connectivity index (χ3n) is 3.86. The number of carbonyl (C=O) groups excluding carboxylic acids is 1. The van der Waals surface area contributed by atoms with Crippen LogP contribution in [0.4, 0.5) is 10.2 Å². The van der Waals surface area contributed by atoms with Gasteiger partial charge in [-0.1, -0.05) is 11.6 Å². The SMILES string of the molecule is O=C(NC1CCN(c2ncc(Cl)cc2F)CC1)c1ccncc1. The Morgan fingerprint density at radius 3 is 2.65 bits per heavy atom. The first-order valence-electron chi connectivity index (χ1n) is 7.40. The third kappa shape index (κ3) is 3.76. The first kappa shape index (κ1) is 15.7. The van der Waals surface area contributed by atoms with E-state index >= 15 is 0 Å². The Morgan fingerprint density at radius 1 is 1.30 bits per heavy atom. The fourth-order valence-electron chi connectivity index (χ4n) is 2.65. The van der Waals surface area contributed by atoms with E-state index in [9.17, 15) is 9.18 Å². The van der Waals surface area contributed by atoms with Crippen LogP contribution in [0.3, 0.4) is 0 Å². The van der Waals surface area contributed by atoms with Crippen molar-refractivity contribution in [3.63, 3.8) is 0 Å². The summed E-state index contributed by atoms with van der Waals surface area (Å²) in [7, 11) is 0. The fraction of sp³-hybridized carbons (Fsp3) is 0.312. The lowest BCUT2D eigenvalue weighted by molar-refractivity contribution is 0.0931. The van der Waals surface area contributed by atoms with E-state index < -0.39 is 5.82 Å². The van der Waals surface area contributed by atoms with E-state index in [-0.39, 0.29) is 17.0 Å². The van der Waals surface area contributed by atoms with Crippen molar-refractivity contribution < 1.29 is 9.18 Å². The van der Waals surface area contributed by atoms with E-state index in [1.165, 1.54) is 12.3 Å². The van der Waals surface area contributed by atoms with Crippen LogP contribution in [0.1, 0.15) is 23.2 Å². The molecule has 0 spiro atoms. The Labute approximate surface area is 138 Å². The molecule has 1 N–H and O–H groups in total. The second kappa shape index (κ2) is 6.91. The Balaban J connectivity index is 1.57. The van der Waals surface area contributed by atoms with Crippen molar-refractivity contribution >= 4 is 23.3 Å². The number of aromatic nitrogens is 2. The lowest BCUT2D eigenvalue weighted by atomic mass is 10.0. The van der Waals surface area contributed by atoms with E-state index in [0.29, 0.717) is 24.5 Å². The number of rotatable bonds is 3. The van der Waals surface area contributed by atoms with Crippen molar-refractivity contribution in [3.05, 3.63) is 53.2 Å². The summed E-state index contributed by atoms with van der Waals surface area (Å²) in [5.74, 6) is -0.216. The second-order valence-corrected chi connectivity index (χ2v) is 5.87. The van der Waals surface area contributed by atoms with Gasteiger partial charge in [-0.3, -0.25) is 9.78 Å². The molecule has 5 nitrogen and oxygen atoms in total. The standard InChI is InChI=1S/C16H16ClFN4O/c17-12-9-14(18)15(20-10-12)22-7-3-13(4-8-22)21-16(23)11-1-5-19-6-2-11/h1-2,5-6,9-10,13H,3-4,7-8H2,(H,21,23). The molecule has 0 atom stereocenters. The van der Waals surface area contributed by atoms with Crippen molar-refractivity contribution in [2.24, 2.45) is 0 Å². The van der Waals surface area contributed by atoms with Gasteiger partial charge in [0.25, 0.3) is 5.91 Å². The molecular formula is C16H16ClFN4O. The molecule has 0 aliphatic carbocycles. The van der Waals surface area contributed by atoms with Gasteiger partial charge in [0.15, 0.2) is 11.6 Å². The lowest BCUT2D eigenvalue weighted by Gasteiger charge is -2.33. The van der Waals surface area contributed by atoms with Crippen LogP contribution in [0.25, 0.3) is 0 Å². The summed E-state index contributed by atoms with van der Waals surface area (Å²) in [6.45, 7) is 1.26. The Hall–Kier alpha value is -2.21. The van der Waals surface area contributed by atoms with Gasteiger partial charge in [0.05, 0.1) is 5.02 Å². The minimum Gasteiger partial charge on any atom is -0.354 e. The Kier molecular flexibility index (Phi) is 4.71. The van der Waals surface area contributed by atoms with Gasteiger partial charge < -0.3 is 10.2 Å². The average molecular weight is 335 g/mol. The summed E-state index contributed by atoms with van der Waals surface area (Å²) in [6, 6.07) is 4.69. The molecular weight excluding hydrogens is 319 g/mol. The van der Waals surface area contributed by atoms with Gasteiger partial charge in [-0.15, -0.1) is 0 Å². The number of pyridine rings is 2. The third-order valence-corrected chi connectivity index (χ3v) is 4.07. The van der Waals surface area contributed by atoms with Crippen LogP contribution in [-0.4, -0.2) is 35.0 Å². The highest BCUT2D eigenvalue weighted by molar-refractivity contribution is 6.30. The zero-order chi connectivity index (χ0) is 16.2. The van der Waals surface area contributed by atoms with Crippen molar-refractivity contribution in [2.75, 3.05) is 18.0 Å². The van der Waals surface area contributed by atoms with Crippen molar-refractivity contribution in [2.45, 2.75) is 18.9 Å². The molecule has 1 fully saturated rings. The fourth-order valence-corrected chi connectivity index (χ4v) is 2.79. The molecule has 0 radical (unpaired) electrons. The van der Waals surface area contributed by atoms with E-state index in [1.807, 2.05) is 4.90 Å². The van der Waals surface area contributed by atoms with Crippen molar-refractivity contribution in [1.82, 2.24) is 15.3 Å². The van der Waals surface area contributed by atoms with Crippen LogP contribution in [0.5, 0.6) is 0 Å². The summed E-state index contributed by atoms with van der Waals surface area (Å²) in [4.78, 5) is 21.9. The second-order valence-electron chi connectivity index (χ2n) is 5.43. The Morgan fingerprint density at radius 2 is 2.00 bits per heavy atom. The average Bonchev–Trinajstić information content (AvgIpc) is 2.57. The maximum absolute atomic E-state index is 13.9. The number of amides is 1. The molecule has 0 aromatic carbocycles. The molecule has 1 amide bonds. The predicted octanol–water partition coefficient (Wildman–Crippen LogP) is 2.67. The number of hydrogen-bond acceptors (Lipinski definition) is 4. The van der Waals surface area contributed by atoms with E-state index in [2.05, 4.69) is 15.3 Å². The molecule has 0 saturated carbocycles. The van der Waals surface area contributed by atoms with Crippen molar-refractivity contribution in [1.29, 1.82) is 0 Å². The van der Waals surface area contributed by atoms with Crippen LogP contribution < -0.4 is 10.2 Å². The summed E-state index contributed by atoms with van der Waals surface area (Å²) < 4.78 is 13.9. The van der Waals surface area contributed by atoms with Crippen molar-refractivity contribution in [3.8, 4) is 0 Å². The predicted molar refractivity (Wildman–Crippen MR) is 86.1 cm³/mol. The van der Waals surface area contributed by atoms with Gasteiger partial charge >= 0.3 is 0 Å². The molecule has 2 aromatic heterocycles. The summed E-state index contributed by atoms with van der Waals surface area (Å²) in [5, 5.41) is 3.29. The summed E-state index contributed by atoms with van der Waals surface area (Å²) in [6.07, 6.45) is 6.09. The molecule has 0 unspecified atom stereocenters. The number of hydrogen-bond donors (Lipinski definition) is 1. The van der Waals surface area contributed by atoms with Crippen LogP contribution in [-0.2, 0) is 0 Å². The number of piperidine rings is 1. The van der Waals surface area contributed by atoms with Crippen LogP contribution in [0, 0.1) is 5.82 Å². The van der Waals surface area contributed by atoms with Gasteiger partial charge in [0.1, 0.15) is 0 Å². The molecule has 2 aromatic rings. The zero-order valence-electron chi connectivity index (χ0n) is 12.4. The van der Waals surface area contributed by atoms with Gasteiger partial charge in [0.2, 0.25) is 0 Å². The number of anilines is 1. The molecule has 3 rings (SSSR count). The maximum Gasteiger partial charge on any atom is 0.251 e. The molecule has 1 aliphatic rings.